The minimum Gasteiger partial charge on any atom is -0.321 e. The van der Waals surface area contributed by atoms with Crippen LogP contribution in [0, 0.1) is 0 Å². The van der Waals surface area contributed by atoms with Crippen molar-refractivity contribution in [3.63, 3.8) is 0 Å². The number of nitrogens with zero attached hydrogens (tertiary/aromatic N) is 2. The van der Waals surface area contributed by atoms with Crippen molar-refractivity contribution in [3.8, 4) is 44.5 Å². The van der Waals surface area contributed by atoms with Crippen molar-refractivity contribution in [3.05, 3.63) is 300 Å². The van der Waals surface area contributed by atoms with Crippen LogP contribution < -0.4 is 10.6 Å². The highest BCUT2D eigenvalue weighted by atomic mass is 15.2. The van der Waals surface area contributed by atoms with Gasteiger partial charge in [-0.15, -0.1) is 0 Å². The molecule has 0 saturated carbocycles. The third-order valence-electron chi connectivity index (χ3n) is 13.8. The Morgan fingerprint density at radius 2 is 0.897 bits per heavy atom. The number of benzene rings is 10. The molecule has 1 heterocycles. The summed E-state index contributed by atoms with van der Waals surface area (Å²) in [4.78, 5) is 7.46. The molecule has 10 aromatic rings. The van der Waals surface area contributed by atoms with Gasteiger partial charge in [0.2, 0.25) is 0 Å². The lowest BCUT2D eigenvalue weighted by atomic mass is 9.64. The van der Waals surface area contributed by atoms with E-state index >= 15 is 0 Å². The molecule has 1 unspecified atom stereocenters. The zero-order chi connectivity index (χ0) is 45.4. The second kappa shape index (κ2) is 17.3. The zero-order valence-electron chi connectivity index (χ0n) is 37.5. The maximum absolute atomic E-state index is 6.82. The molecule has 0 aromatic heterocycles. The molecule has 322 valence electrons. The van der Waals surface area contributed by atoms with Gasteiger partial charge in [-0.25, -0.2) is 0 Å². The number of rotatable bonds is 9. The topological polar surface area (TPSA) is 41.6 Å². The largest absolute Gasteiger partial charge is 0.321 e. The van der Waals surface area contributed by atoms with Crippen molar-refractivity contribution < 1.29 is 0 Å². The number of aliphatic imine (C=N–C) groups is 1. The third-order valence-corrected chi connectivity index (χ3v) is 13.8. The minimum atomic E-state index is -0.510. The molecular weight excluding hydrogens is 823 g/mol. The van der Waals surface area contributed by atoms with Gasteiger partial charge in [0, 0.05) is 11.9 Å². The molecule has 2 N–H and O–H groups in total. The molecular formula is C65H47N3. The average Bonchev–Trinajstić information content (AvgIpc) is 3.70. The highest BCUT2D eigenvalue weighted by molar-refractivity contribution is 5.97. The number of anilines is 3. The van der Waals surface area contributed by atoms with Gasteiger partial charge in [-0.3, -0.25) is 4.99 Å². The second-order valence-electron chi connectivity index (χ2n) is 17.7. The highest BCUT2D eigenvalue weighted by Crippen LogP contribution is 2.63. The standard InChI is InChI=1S/C65H47N3/c66-61(49-37-35-47(36-38-49)46-17-4-1-5-18-46)43-62(50-19-6-2-7-20-50)67-44-45-31-33-48(34-32-45)51-21-16-22-52(41-51)53-39-40-56-55-25-10-11-26-57(55)65(60(56)42-53)58-27-12-14-29-63(58)68(54-23-8-3-9-24-54)64-30-15-13-28-59(64)65/h1-44,61H,66H2/b62-43-,67-44+. The van der Waals surface area contributed by atoms with Crippen LogP contribution >= 0.6 is 0 Å². The fraction of sp³-hybridized carbons (Fsp3) is 0.0308. The van der Waals surface area contributed by atoms with E-state index < -0.39 is 5.41 Å². The SMILES string of the molecule is NC(/C=C(\N=C\c1ccc(-c2cccc(-c3ccc4c(c3)C3(c5ccccc5-4)c4ccccc4N(c4ccccc4)c4ccccc43)c2)cc1)c1ccccc1)c1ccc(-c2ccccc2)cc1. The molecule has 0 fully saturated rings. The number of fused-ring (bicyclic) bond motifs is 9. The number of hydrogen-bond acceptors (Lipinski definition) is 3. The van der Waals surface area contributed by atoms with E-state index in [0.29, 0.717) is 0 Å². The molecule has 1 aliphatic heterocycles. The normalized spacial score (nSPS) is 13.7. The molecule has 1 spiro atoms. The first-order chi connectivity index (χ1) is 33.6. The Kier molecular flexibility index (Phi) is 10.4. The lowest BCUT2D eigenvalue weighted by Gasteiger charge is -2.45. The molecule has 68 heavy (non-hydrogen) atoms. The van der Waals surface area contributed by atoms with Gasteiger partial charge in [-0.1, -0.05) is 218 Å². The maximum atomic E-state index is 6.82. The molecule has 1 aliphatic carbocycles. The fourth-order valence-electron chi connectivity index (χ4n) is 10.5. The van der Waals surface area contributed by atoms with Crippen LogP contribution in [-0.2, 0) is 5.41 Å². The summed E-state index contributed by atoms with van der Waals surface area (Å²) >= 11 is 0. The Labute approximate surface area is 398 Å². The van der Waals surface area contributed by atoms with Gasteiger partial charge in [0.15, 0.2) is 0 Å². The quantitative estimate of drug-likeness (QED) is 0.147. The van der Waals surface area contributed by atoms with Crippen LogP contribution in [0.3, 0.4) is 0 Å². The van der Waals surface area contributed by atoms with Crippen LogP contribution in [0.25, 0.3) is 50.2 Å². The molecule has 0 amide bonds. The molecule has 10 aromatic carbocycles. The monoisotopic (exact) mass is 869 g/mol. The van der Waals surface area contributed by atoms with Gasteiger partial charge in [0.1, 0.15) is 0 Å². The summed E-state index contributed by atoms with van der Waals surface area (Å²) in [6.07, 6.45) is 3.98. The molecule has 0 radical (unpaired) electrons. The van der Waals surface area contributed by atoms with Crippen molar-refractivity contribution in [1.29, 1.82) is 0 Å². The first-order valence-electron chi connectivity index (χ1n) is 23.4. The molecule has 0 saturated heterocycles. The fourth-order valence-corrected chi connectivity index (χ4v) is 10.5. The van der Waals surface area contributed by atoms with E-state index in [2.05, 4.69) is 235 Å². The van der Waals surface area contributed by atoms with E-state index in [-0.39, 0.29) is 6.04 Å². The van der Waals surface area contributed by atoms with Crippen molar-refractivity contribution >= 4 is 29.0 Å². The first-order valence-corrected chi connectivity index (χ1v) is 23.4. The number of hydrogen-bond donors (Lipinski definition) is 1. The third kappa shape index (κ3) is 7.09. The summed E-state index contributed by atoms with van der Waals surface area (Å²) in [5.41, 5.74) is 28.5. The molecule has 12 rings (SSSR count). The van der Waals surface area contributed by atoms with E-state index in [1.807, 2.05) is 36.6 Å². The van der Waals surface area contributed by atoms with Crippen LogP contribution in [-0.4, -0.2) is 6.21 Å². The van der Waals surface area contributed by atoms with E-state index in [9.17, 15) is 0 Å². The molecule has 3 heteroatoms. The van der Waals surface area contributed by atoms with Gasteiger partial charge in [-0.05, 0) is 126 Å². The Morgan fingerprint density at radius 3 is 1.59 bits per heavy atom. The highest BCUT2D eigenvalue weighted by Gasteiger charge is 2.51. The number of nitrogens with two attached hydrogens (primary N) is 1. The molecule has 0 bridgehead atoms. The summed E-state index contributed by atoms with van der Waals surface area (Å²) < 4.78 is 0. The lowest BCUT2D eigenvalue weighted by Crippen LogP contribution is -2.36. The predicted octanol–water partition coefficient (Wildman–Crippen LogP) is 16.0. The minimum absolute atomic E-state index is 0.326. The Bertz CT molecular complexity index is 3450. The van der Waals surface area contributed by atoms with Crippen LogP contribution in [0.2, 0.25) is 0 Å². The van der Waals surface area contributed by atoms with Gasteiger partial charge >= 0.3 is 0 Å². The summed E-state index contributed by atoms with van der Waals surface area (Å²) in [7, 11) is 0. The molecule has 1 atom stereocenters. The summed E-state index contributed by atoms with van der Waals surface area (Å²) in [6, 6.07) is 91.3. The summed E-state index contributed by atoms with van der Waals surface area (Å²) in [5.74, 6) is 0. The maximum Gasteiger partial charge on any atom is 0.0754 e. The Hall–Kier alpha value is -8.63. The van der Waals surface area contributed by atoms with Crippen molar-refractivity contribution in [2.75, 3.05) is 4.90 Å². The van der Waals surface area contributed by atoms with Crippen LogP contribution in [0.5, 0.6) is 0 Å². The van der Waals surface area contributed by atoms with E-state index in [1.54, 1.807) is 0 Å². The van der Waals surface area contributed by atoms with Crippen molar-refractivity contribution in [2.45, 2.75) is 11.5 Å². The van der Waals surface area contributed by atoms with Gasteiger partial charge in [0.05, 0.1) is 28.5 Å². The zero-order valence-corrected chi connectivity index (χ0v) is 37.5. The van der Waals surface area contributed by atoms with Crippen molar-refractivity contribution in [1.82, 2.24) is 0 Å². The smallest absolute Gasteiger partial charge is 0.0754 e. The van der Waals surface area contributed by atoms with E-state index in [0.717, 1.165) is 39.2 Å². The van der Waals surface area contributed by atoms with E-state index in [1.165, 1.54) is 67.0 Å². The Balaban J connectivity index is 0.869. The predicted molar refractivity (Wildman–Crippen MR) is 284 cm³/mol. The first kappa shape index (κ1) is 40.8. The van der Waals surface area contributed by atoms with E-state index in [4.69, 9.17) is 10.7 Å². The van der Waals surface area contributed by atoms with Crippen LogP contribution in [0.15, 0.2) is 266 Å². The lowest BCUT2D eigenvalue weighted by molar-refractivity contribution is 0.753. The number of para-hydroxylation sites is 3. The summed E-state index contributed by atoms with van der Waals surface area (Å²) in [5, 5.41) is 0. The summed E-state index contributed by atoms with van der Waals surface area (Å²) in [6.45, 7) is 0. The second-order valence-corrected chi connectivity index (χ2v) is 17.7. The van der Waals surface area contributed by atoms with Gasteiger partial charge in [-0.2, -0.15) is 0 Å². The molecule has 3 nitrogen and oxygen atoms in total. The van der Waals surface area contributed by atoms with Crippen molar-refractivity contribution in [2.24, 2.45) is 10.7 Å². The Morgan fingerprint density at radius 1 is 0.412 bits per heavy atom. The molecule has 2 aliphatic rings. The average molecular weight is 870 g/mol. The van der Waals surface area contributed by atoms with Crippen LogP contribution in [0.4, 0.5) is 17.1 Å². The van der Waals surface area contributed by atoms with Gasteiger partial charge < -0.3 is 10.6 Å². The van der Waals surface area contributed by atoms with Gasteiger partial charge in [0.25, 0.3) is 0 Å². The van der Waals surface area contributed by atoms with Crippen LogP contribution in [0.1, 0.15) is 45.0 Å².